The van der Waals surface area contributed by atoms with Crippen molar-refractivity contribution in [3.63, 3.8) is 0 Å². The molecule has 0 atom stereocenters. The van der Waals surface area contributed by atoms with Crippen LogP contribution in [0.25, 0.3) is 11.1 Å². The molecule has 3 rings (SSSR count). The van der Waals surface area contributed by atoms with Gasteiger partial charge in [0.2, 0.25) is 0 Å². The number of hydrogen-bond donors (Lipinski definition) is 1. The largest absolute Gasteiger partial charge is 0.351 e. The lowest BCUT2D eigenvalue weighted by molar-refractivity contribution is 0.0664. The van der Waals surface area contributed by atoms with Gasteiger partial charge in [0.25, 0.3) is 11.8 Å². The molecule has 1 aromatic carbocycles. The smallest absolute Gasteiger partial charge is 0.253 e. The van der Waals surface area contributed by atoms with Gasteiger partial charge in [-0.05, 0) is 58.5 Å². The highest BCUT2D eigenvalue weighted by Crippen LogP contribution is 2.21. The molecule has 1 saturated heterocycles. The van der Waals surface area contributed by atoms with Gasteiger partial charge in [-0.15, -0.1) is 0 Å². The van der Waals surface area contributed by atoms with E-state index in [4.69, 9.17) is 0 Å². The zero-order chi connectivity index (χ0) is 24.0. The quantitative estimate of drug-likeness (QED) is 0.668. The van der Waals surface area contributed by atoms with Crippen molar-refractivity contribution in [2.45, 2.75) is 39.8 Å². The monoisotopic (exact) mass is 451 g/mol. The van der Waals surface area contributed by atoms with Crippen LogP contribution in [-0.4, -0.2) is 89.9 Å². The van der Waals surface area contributed by atoms with Gasteiger partial charge in [0.05, 0.1) is 5.56 Å². The molecular formula is C26H37N5O2. The summed E-state index contributed by atoms with van der Waals surface area (Å²) in [5, 5.41) is 3.01. The van der Waals surface area contributed by atoms with E-state index in [1.807, 2.05) is 35.2 Å². The molecule has 0 unspecified atom stereocenters. The normalized spacial score (nSPS) is 14.8. The molecule has 1 fully saturated rings. The molecule has 0 bridgehead atoms. The Kier molecular flexibility index (Phi) is 8.58. The van der Waals surface area contributed by atoms with Crippen LogP contribution in [0.1, 0.15) is 48.4 Å². The maximum Gasteiger partial charge on any atom is 0.253 e. The summed E-state index contributed by atoms with van der Waals surface area (Å²) in [5.74, 6) is -0.0589. The summed E-state index contributed by atoms with van der Waals surface area (Å²) in [7, 11) is 2.07. The maximum absolute atomic E-state index is 12.8. The number of hydrogen-bond acceptors (Lipinski definition) is 5. The molecule has 0 saturated carbocycles. The number of nitrogens with zero attached hydrogens (tertiary/aromatic N) is 4. The van der Waals surface area contributed by atoms with Crippen molar-refractivity contribution >= 4 is 11.8 Å². The standard InChI is InChI=1S/C26H37N5O2/c1-19(2)31(20(3)4)11-10-28-25(32)24-16-23(17-27-18-24)21-6-8-22(9-7-21)26(33)30-14-12-29(5)13-15-30/h6-9,16-20H,10-15H2,1-5H3,(H,28,32). The molecule has 7 nitrogen and oxygen atoms in total. The number of carbonyl (C=O) groups excluding carboxylic acids is 2. The molecule has 0 radical (unpaired) electrons. The highest BCUT2D eigenvalue weighted by molar-refractivity contribution is 5.96. The molecule has 2 aromatic rings. The van der Waals surface area contributed by atoms with Gasteiger partial charge < -0.3 is 15.1 Å². The summed E-state index contributed by atoms with van der Waals surface area (Å²) in [6.45, 7) is 13.4. The van der Waals surface area contributed by atoms with Crippen LogP contribution in [-0.2, 0) is 0 Å². The fourth-order valence-electron chi connectivity index (χ4n) is 4.23. The summed E-state index contributed by atoms with van der Waals surface area (Å²) in [6.07, 6.45) is 3.33. The van der Waals surface area contributed by atoms with Gasteiger partial charge in [-0.25, -0.2) is 0 Å². The predicted molar refractivity (Wildman–Crippen MR) is 132 cm³/mol. The minimum Gasteiger partial charge on any atom is -0.351 e. The van der Waals surface area contributed by atoms with E-state index in [-0.39, 0.29) is 11.8 Å². The second-order valence-corrected chi connectivity index (χ2v) is 9.32. The van der Waals surface area contributed by atoms with Gasteiger partial charge in [-0.3, -0.25) is 19.5 Å². The number of aromatic nitrogens is 1. The maximum atomic E-state index is 12.8. The number of nitrogens with one attached hydrogen (secondary N) is 1. The Labute approximate surface area is 197 Å². The molecular weight excluding hydrogens is 414 g/mol. The molecule has 2 amide bonds. The highest BCUT2D eigenvalue weighted by atomic mass is 16.2. The van der Waals surface area contributed by atoms with E-state index in [1.54, 1.807) is 12.4 Å². The van der Waals surface area contributed by atoms with Crippen LogP contribution in [0.5, 0.6) is 0 Å². The van der Waals surface area contributed by atoms with Crippen LogP contribution in [0.3, 0.4) is 0 Å². The third kappa shape index (κ3) is 6.62. The van der Waals surface area contributed by atoms with Crippen molar-refractivity contribution in [3.05, 3.63) is 53.9 Å². The molecule has 1 aliphatic rings. The Morgan fingerprint density at radius 1 is 0.939 bits per heavy atom. The van der Waals surface area contributed by atoms with Crippen LogP contribution in [0.4, 0.5) is 0 Å². The van der Waals surface area contributed by atoms with Crippen LogP contribution < -0.4 is 5.32 Å². The average Bonchev–Trinajstić information content (AvgIpc) is 2.81. The van der Waals surface area contributed by atoms with Gasteiger partial charge in [0.15, 0.2) is 0 Å². The molecule has 0 spiro atoms. The van der Waals surface area contributed by atoms with Crippen LogP contribution in [0.15, 0.2) is 42.7 Å². The zero-order valence-electron chi connectivity index (χ0n) is 20.5. The number of rotatable bonds is 8. The number of benzene rings is 1. The van der Waals surface area contributed by atoms with E-state index in [9.17, 15) is 9.59 Å². The van der Waals surface area contributed by atoms with E-state index in [1.165, 1.54) is 0 Å². The minimum atomic E-state index is -0.126. The number of likely N-dealkylation sites (N-methyl/N-ethyl adjacent to an activating group) is 1. The number of piperazine rings is 1. The Hall–Kier alpha value is -2.77. The Morgan fingerprint density at radius 3 is 2.18 bits per heavy atom. The second-order valence-electron chi connectivity index (χ2n) is 9.32. The van der Waals surface area contributed by atoms with Gasteiger partial charge in [0.1, 0.15) is 0 Å². The molecule has 2 heterocycles. The fourth-order valence-corrected chi connectivity index (χ4v) is 4.23. The lowest BCUT2D eigenvalue weighted by Gasteiger charge is -2.32. The Morgan fingerprint density at radius 2 is 1.58 bits per heavy atom. The number of pyridine rings is 1. The van der Waals surface area contributed by atoms with Crippen molar-refractivity contribution in [2.24, 2.45) is 0 Å². The van der Waals surface area contributed by atoms with Crippen molar-refractivity contribution in [3.8, 4) is 11.1 Å². The van der Waals surface area contributed by atoms with Gasteiger partial charge in [-0.2, -0.15) is 0 Å². The van der Waals surface area contributed by atoms with Crippen molar-refractivity contribution in [1.29, 1.82) is 0 Å². The zero-order valence-corrected chi connectivity index (χ0v) is 20.5. The van der Waals surface area contributed by atoms with Crippen LogP contribution in [0, 0.1) is 0 Å². The topological polar surface area (TPSA) is 68.8 Å². The number of carbonyl (C=O) groups is 2. The Bertz CT molecular complexity index is 926. The second kappa shape index (κ2) is 11.4. The molecule has 1 aliphatic heterocycles. The van der Waals surface area contributed by atoms with Crippen LogP contribution >= 0.6 is 0 Å². The van der Waals surface area contributed by atoms with E-state index in [0.717, 1.165) is 43.9 Å². The number of amides is 2. The lowest BCUT2D eigenvalue weighted by atomic mass is 10.0. The fraction of sp³-hybridized carbons (Fsp3) is 0.500. The van der Waals surface area contributed by atoms with Gasteiger partial charge in [-0.1, -0.05) is 12.1 Å². The third-order valence-electron chi connectivity index (χ3n) is 6.24. The molecule has 178 valence electrons. The molecule has 1 aromatic heterocycles. The first-order valence-corrected chi connectivity index (χ1v) is 11.8. The summed E-state index contributed by atoms with van der Waals surface area (Å²) >= 11 is 0. The first-order valence-electron chi connectivity index (χ1n) is 11.8. The molecule has 1 N–H and O–H groups in total. The van der Waals surface area contributed by atoms with Crippen molar-refractivity contribution in [1.82, 2.24) is 25.0 Å². The molecule has 0 aliphatic carbocycles. The first-order chi connectivity index (χ1) is 15.8. The minimum absolute atomic E-state index is 0.0674. The molecule has 33 heavy (non-hydrogen) atoms. The van der Waals surface area contributed by atoms with E-state index in [0.29, 0.717) is 29.8 Å². The van der Waals surface area contributed by atoms with Crippen molar-refractivity contribution < 1.29 is 9.59 Å². The summed E-state index contributed by atoms with van der Waals surface area (Å²) in [4.78, 5) is 36.2. The highest BCUT2D eigenvalue weighted by Gasteiger charge is 2.20. The third-order valence-corrected chi connectivity index (χ3v) is 6.24. The van der Waals surface area contributed by atoms with Crippen LogP contribution in [0.2, 0.25) is 0 Å². The lowest BCUT2D eigenvalue weighted by Crippen LogP contribution is -2.47. The summed E-state index contributed by atoms with van der Waals surface area (Å²) in [6, 6.07) is 10.3. The predicted octanol–water partition coefficient (Wildman–Crippen LogP) is 2.98. The van der Waals surface area contributed by atoms with Gasteiger partial charge >= 0.3 is 0 Å². The summed E-state index contributed by atoms with van der Waals surface area (Å²) in [5.41, 5.74) is 3.00. The summed E-state index contributed by atoms with van der Waals surface area (Å²) < 4.78 is 0. The first kappa shape index (κ1) is 24.9. The van der Waals surface area contributed by atoms with Gasteiger partial charge in [0, 0.05) is 74.9 Å². The van der Waals surface area contributed by atoms with E-state index in [2.05, 4.69) is 54.8 Å². The molecule has 7 heteroatoms. The SMILES string of the molecule is CC(C)N(CCNC(=O)c1cncc(-c2ccc(C(=O)N3CCN(C)CC3)cc2)c1)C(C)C. The average molecular weight is 452 g/mol. The van der Waals surface area contributed by atoms with Crippen molar-refractivity contribution in [2.75, 3.05) is 46.3 Å². The Balaban J connectivity index is 1.62. The van der Waals surface area contributed by atoms with E-state index >= 15 is 0 Å². The van der Waals surface area contributed by atoms with E-state index < -0.39 is 0 Å².